The Morgan fingerprint density at radius 1 is 1.03 bits per heavy atom. The van der Waals surface area contributed by atoms with Gasteiger partial charge in [0.1, 0.15) is 17.2 Å². The number of ether oxygens (including phenoxy) is 2. The summed E-state index contributed by atoms with van der Waals surface area (Å²) >= 11 is 1.45. The number of primary amides is 1. The molecule has 0 saturated carbocycles. The zero-order valence-corrected chi connectivity index (χ0v) is 18.5. The number of nitrogens with two attached hydrogens (primary N) is 1. The molecular weight excluding hydrogens is 440 g/mol. The van der Waals surface area contributed by atoms with E-state index in [0.717, 1.165) is 26.8 Å². The molecule has 5 aromatic rings. The lowest BCUT2D eigenvalue weighted by Crippen LogP contribution is -2.12. The molecule has 0 saturated heterocycles. The van der Waals surface area contributed by atoms with E-state index in [-0.39, 0.29) is 0 Å². The average molecular weight is 459 g/mol. The first-order chi connectivity index (χ1) is 16.1. The number of pyridine rings is 1. The Labute approximate surface area is 192 Å². The van der Waals surface area contributed by atoms with Gasteiger partial charge in [0.2, 0.25) is 5.91 Å². The number of carbonyl (C=O) groups is 1. The second kappa shape index (κ2) is 8.32. The molecule has 0 atom stereocenters. The molecule has 164 valence electrons. The molecular formula is C23H18N6O3S. The van der Waals surface area contributed by atoms with Gasteiger partial charge in [-0.3, -0.25) is 9.78 Å². The predicted octanol–water partition coefficient (Wildman–Crippen LogP) is 4.16. The van der Waals surface area contributed by atoms with Crippen LogP contribution in [-0.2, 0) is 0 Å². The molecule has 3 heterocycles. The van der Waals surface area contributed by atoms with E-state index in [1.807, 2.05) is 30.3 Å². The summed E-state index contributed by atoms with van der Waals surface area (Å²) in [4.78, 5) is 29.3. The predicted molar refractivity (Wildman–Crippen MR) is 127 cm³/mol. The number of nitrogens with one attached hydrogen (secondary N) is 1. The van der Waals surface area contributed by atoms with Crippen molar-refractivity contribution in [2.24, 2.45) is 5.73 Å². The van der Waals surface area contributed by atoms with Gasteiger partial charge in [-0.2, -0.15) is 0 Å². The minimum atomic E-state index is -0.517. The fourth-order valence-corrected chi connectivity index (χ4v) is 4.55. The molecule has 0 bridgehead atoms. The Bertz CT molecular complexity index is 1520. The fourth-order valence-electron chi connectivity index (χ4n) is 3.52. The maximum atomic E-state index is 11.8. The number of anilines is 2. The van der Waals surface area contributed by atoms with Gasteiger partial charge in [0.25, 0.3) is 0 Å². The quantitative estimate of drug-likeness (QED) is 0.389. The Kier molecular flexibility index (Phi) is 5.19. The highest BCUT2D eigenvalue weighted by atomic mass is 32.1. The Hall–Kier alpha value is -4.31. The van der Waals surface area contributed by atoms with E-state index in [0.29, 0.717) is 33.5 Å². The van der Waals surface area contributed by atoms with Crippen LogP contribution in [0.15, 0.2) is 55.1 Å². The number of methoxy groups -OCH3 is 2. The van der Waals surface area contributed by atoms with Crippen molar-refractivity contribution in [2.75, 3.05) is 19.5 Å². The molecule has 0 radical (unpaired) electrons. The highest BCUT2D eigenvalue weighted by Gasteiger charge is 2.15. The van der Waals surface area contributed by atoms with Crippen molar-refractivity contribution in [3.8, 4) is 22.1 Å². The lowest BCUT2D eigenvalue weighted by molar-refractivity contribution is 0.100. The molecule has 3 N–H and O–H groups in total. The number of aromatic nitrogens is 4. The lowest BCUT2D eigenvalue weighted by atomic mass is 10.1. The van der Waals surface area contributed by atoms with E-state index in [2.05, 4.69) is 25.3 Å². The van der Waals surface area contributed by atoms with E-state index in [1.54, 1.807) is 26.5 Å². The SMILES string of the molecule is COc1cc2ncnc(Nc3ccc4nc(-c5cnccc5C(N)=O)sc4c3)c2cc1OC. The van der Waals surface area contributed by atoms with Crippen LogP contribution in [0.25, 0.3) is 31.7 Å². The van der Waals surface area contributed by atoms with Crippen LogP contribution in [0.2, 0.25) is 0 Å². The number of amides is 1. The summed E-state index contributed by atoms with van der Waals surface area (Å²) in [5.74, 6) is 1.30. The van der Waals surface area contributed by atoms with Gasteiger partial charge in [0, 0.05) is 35.1 Å². The van der Waals surface area contributed by atoms with E-state index in [9.17, 15) is 4.79 Å². The summed E-state index contributed by atoms with van der Waals surface area (Å²) in [6.45, 7) is 0. The minimum absolute atomic E-state index is 0.388. The van der Waals surface area contributed by atoms with Crippen molar-refractivity contribution in [3.05, 3.63) is 60.7 Å². The van der Waals surface area contributed by atoms with Gasteiger partial charge < -0.3 is 20.5 Å². The first-order valence-electron chi connectivity index (χ1n) is 9.86. The van der Waals surface area contributed by atoms with Crippen molar-refractivity contribution < 1.29 is 14.3 Å². The van der Waals surface area contributed by atoms with Crippen molar-refractivity contribution in [1.29, 1.82) is 0 Å². The number of rotatable bonds is 6. The number of hydrogen-bond acceptors (Lipinski definition) is 9. The van der Waals surface area contributed by atoms with Crippen LogP contribution >= 0.6 is 11.3 Å². The zero-order valence-electron chi connectivity index (χ0n) is 17.7. The molecule has 33 heavy (non-hydrogen) atoms. The van der Waals surface area contributed by atoms with Crippen LogP contribution in [0.5, 0.6) is 11.5 Å². The van der Waals surface area contributed by atoms with Crippen LogP contribution in [0.4, 0.5) is 11.5 Å². The number of hydrogen-bond donors (Lipinski definition) is 2. The molecule has 3 aromatic heterocycles. The van der Waals surface area contributed by atoms with Crippen LogP contribution in [0, 0.1) is 0 Å². The summed E-state index contributed by atoms with van der Waals surface area (Å²) in [5, 5.41) is 4.82. The van der Waals surface area contributed by atoms with Crippen molar-refractivity contribution in [1.82, 2.24) is 19.9 Å². The molecule has 0 aliphatic heterocycles. The molecule has 9 nitrogen and oxygen atoms in total. The Morgan fingerprint density at radius 3 is 2.64 bits per heavy atom. The second-order valence-electron chi connectivity index (χ2n) is 7.06. The number of nitrogens with zero attached hydrogens (tertiary/aromatic N) is 4. The maximum Gasteiger partial charge on any atom is 0.249 e. The van der Waals surface area contributed by atoms with E-state index in [4.69, 9.17) is 15.2 Å². The van der Waals surface area contributed by atoms with Gasteiger partial charge in [0.15, 0.2) is 11.5 Å². The largest absolute Gasteiger partial charge is 0.493 e. The fraction of sp³-hybridized carbons (Fsp3) is 0.0870. The highest BCUT2D eigenvalue weighted by Crippen LogP contribution is 2.36. The maximum absolute atomic E-state index is 11.8. The molecule has 0 aliphatic carbocycles. The zero-order chi connectivity index (χ0) is 22.9. The number of thiazole rings is 1. The molecule has 2 aromatic carbocycles. The molecule has 0 spiro atoms. The third kappa shape index (κ3) is 3.76. The summed E-state index contributed by atoms with van der Waals surface area (Å²) < 4.78 is 11.7. The summed E-state index contributed by atoms with van der Waals surface area (Å²) in [6.07, 6.45) is 4.63. The van der Waals surface area contributed by atoms with Crippen molar-refractivity contribution in [3.63, 3.8) is 0 Å². The van der Waals surface area contributed by atoms with Gasteiger partial charge in [-0.25, -0.2) is 15.0 Å². The van der Waals surface area contributed by atoms with Crippen LogP contribution < -0.4 is 20.5 Å². The Morgan fingerprint density at radius 2 is 1.85 bits per heavy atom. The molecule has 1 amide bonds. The van der Waals surface area contributed by atoms with Gasteiger partial charge in [-0.1, -0.05) is 0 Å². The van der Waals surface area contributed by atoms with Gasteiger partial charge in [-0.05, 0) is 30.3 Å². The van der Waals surface area contributed by atoms with Gasteiger partial charge >= 0.3 is 0 Å². The number of benzene rings is 2. The monoisotopic (exact) mass is 458 g/mol. The normalized spacial score (nSPS) is 11.0. The summed E-state index contributed by atoms with van der Waals surface area (Å²) in [6, 6.07) is 11.0. The van der Waals surface area contributed by atoms with Crippen molar-refractivity contribution >= 4 is 49.9 Å². The van der Waals surface area contributed by atoms with E-state index < -0.39 is 5.91 Å². The van der Waals surface area contributed by atoms with Gasteiger partial charge in [-0.15, -0.1) is 11.3 Å². The first kappa shape index (κ1) is 20.6. The third-order valence-corrected chi connectivity index (χ3v) is 6.16. The molecule has 10 heteroatoms. The number of fused-ring (bicyclic) bond motifs is 2. The van der Waals surface area contributed by atoms with E-state index in [1.165, 1.54) is 23.9 Å². The standard InChI is InChI=1S/C23H18N6O3S/c1-31-18-8-14-17(9-19(18)32-2)26-11-27-22(14)28-12-3-4-16-20(7-12)33-23(29-16)15-10-25-6-5-13(15)21(24)30/h3-11H,1-2H3,(H2,24,30)(H,26,27,28). The highest BCUT2D eigenvalue weighted by molar-refractivity contribution is 7.21. The molecule has 0 unspecified atom stereocenters. The summed E-state index contributed by atoms with van der Waals surface area (Å²) in [5.41, 5.74) is 8.87. The lowest BCUT2D eigenvalue weighted by Gasteiger charge is -2.12. The molecule has 0 fully saturated rings. The molecule has 0 aliphatic rings. The Balaban J connectivity index is 1.53. The number of carbonyl (C=O) groups excluding carboxylic acids is 1. The molecule has 5 rings (SSSR count). The van der Waals surface area contributed by atoms with Crippen molar-refractivity contribution in [2.45, 2.75) is 0 Å². The van der Waals surface area contributed by atoms with Crippen LogP contribution in [0.1, 0.15) is 10.4 Å². The van der Waals surface area contributed by atoms with Crippen LogP contribution in [-0.4, -0.2) is 40.1 Å². The topological polar surface area (TPSA) is 125 Å². The van der Waals surface area contributed by atoms with Gasteiger partial charge in [0.05, 0.1) is 35.5 Å². The summed E-state index contributed by atoms with van der Waals surface area (Å²) in [7, 11) is 3.17. The second-order valence-corrected chi connectivity index (χ2v) is 8.09. The average Bonchev–Trinajstić information content (AvgIpc) is 3.26. The first-order valence-corrected chi connectivity index (χ1v) is 10.7. The van der Waals surface area contributed by atoms with E-state index >= 15 is 0 Å². The smallest absolute Gasteiger partial charge is 0.249 e. The third-order valence-electron chi connectivity index (χ3n) is 5.11. The van der Waals surface area contributed by atoms with Crippen LogP contribution in [0.3, 0.4) is 0 Å². The minimum Gasteiger partial charge on any atom is -0.493 e.